The smallest absolute Gasteiger partial charge is 0.0344 e. The van der Waals surface area contributed by atoms with E-state index in [1.54, 1.807) is 0 Å². The van der Waals surface area contributed by atoms with Crippen molar-refractivity contribution in [2.75, 3.05) is 40.3 Å². The van der Waals surface area contributed by atoms with Gasteiger partial charge in [-0.1, -0.05) is 30.3 Å². The third-order valence-corrected chi connectivity index (χ3v) is 4.94. The summed E-state index contributed by atoms with van der Waals surface area (Å²) >= 11 is 0. The number of likely N-dealkylation sites (N-methyl/N-ethyl adjacent to an activating group) is 1. The topological polar surface area (TPSA) is 9.72 Å². The van der Waals surface area contributed by atoms with Gasteiger partial charge in [-0.2, -0.15) is 0 Å². The Kier molecular flexibility index (Phi) is 4.39. The van der Waals surface area contributed by atoms with Gasteiger partial charge >= 0.3 is 0 Å². The van der Waals surface area contributed by atoms with Gasteiger partial charge in [0.05, 0.1) is 0 Å². The summed E-state index contributed by atoms with van der Waals surface area (Å²) in [5.41, 5.74) is 1.45. The normalized spacial score (nSPS) is 23.1. The lowest BCUT2D eigenvalue weighted by Gasteiger charge is -2.49. The van der Waals surface area contributed by atoms with Crippen LogP contribution in [-0.2, 0) is 6.54 Å². The van der Waals surface area contributed by atoms with Crippen LogP contribution in [-0.4, -0.2) is 67.1 Å². The first kappa shape index (κ1) is 14.1. The first-order valence-corrected chi connectivity index (χ1v) is 7.89. The molecule has 20 heavy (non-hydrogen) atoms. The van der Waals surface area contributed by atoms with Crippen LogP contribution in [0.3, 0.4) is 0 Å². The first-order valence-electron chi connectivity index (χ1n) is 7.89. The van der Waals surface area contributed by atoms with Gasteiger partial charge in [-0.15, -0.1) is 0 Å². The average molecular weight is 273 g/mol. The van der Waals surface area contributed by atoms with E-state index in [2.05, 4.69) is 59.1 Å². The van der Waals surface area contributed by atoms with Gasteiger partial charge in [0.2, 0.25) is 0 Å². The average Bonchev–Trinajstić information content (AvgIpc) is 2.40. The molecule has 0 bridgehead atoms. The second-order valence-electron chi connectivity index (χ2n) is 6.56. The Morgan fingerprint density at radius 2 is 1.70 bits per heavy atom. The molecule has 3 heteroatoms. The lowest BCUT2D eigenvalue weighted by molar-refractivity contribution is 0.00171. The number of hydrogen-bond acceptors (Lipinski definition) is 3. The van der Waals surface area contributed by atoms with E-state index in [1.165, 1.54) is 44.6 Å². The standard InChI is InChI=1S/C17H27N3/c1-18(2)17-13-20(14-17)16-8-10-19(11-9-16)12-15-6-4-3-5-7-15/h3-7,16-17H,8-14H2,1-2H3. The van der Waals surface area contributed by atoms with Gasteiger partial charge in [0, 0.05) is 31.7 Å². The van der Waals surface area contributed by atoms with Crippen LogP contribution in [0.4, 0.5) is 0 Å². The van der Waals surface area contributed by atoms with E-state index in [0.29, 0.717) is 0 Å². The first-order chi connectivity index (χ1) is 9.72. The maximum Gasteiger partial charge on any atom is 0.0344 e. The van der Waals surface area contributed by atoms with Crippen LogP contribution in [0.25, 0.3) is 0 Å². The van der Waals surface area contributed by atoms with Crippen LogP contribution >= 0.6 is 0 Å². The molecule has 3 rings (SSSR count). The predicted octanol–water partition coefficient (Wildman–Crippen LogP) is 1.90. The second-order valence-corrected chi connectivity index (χ2v) is 6.56. The molecule has 3 nitrogen and oxygen atoms in total. The molecular formula is C17H27N3. The number of rotatable bonds is 4. The van der Waals surface area contributed by atoms with Crippen molar-refractivity contribution in [3.8, 4) is 0 Å². The van der Waals surface area contributed by atoms with Crippen LogP contribution in [0, 0.1) is 0 Å². The Balaban J connectivity index is 1.42. The zero-order valence-electron chi connectivity index (χ0n) is 12.8. The van der Waals surface area contributed by atoms with Crippen molar-refractivity contribution in [1.82, 2.24) is 14.7 Å². The van der Waals surface area contributed by atoms with Crippen LogP contribution in [0.15, 0.2) is 30.3 Å². The molecule has 0 spiro atoms. The van der Waals surface area contributed by atoms with E-state index in [0.717, 1.165) is 18.6 Å². The molecule has 0 amide bonds. The van der Waals surface area contributed by atoms with Gasteiger partial charge in [0.25, 0.3) is 0 Å². The molecule has 0 aliphatic carbocycles. The Labute approximate surface area is 123 Å². The molecule has 110 valence electrons. The number of likely N-dealkylation sites (tertiary alicyclic amines) is 2. The van der Waals surface area contributed by atoms with E-state index in [-0.39, 0.29) is 0 Å². The van der Waals surface area contributed by atoms with Crippen molar-refractivity contribution in [2.24, 2.45) is 0 Å². The largest absolute Gasteiger partial charge is 0.304 e. The molecule has 2 saturated heterocycles. The van der Waals surface area contributed by atoms with E-state index in [4.69, 9.17) is 0 Å². The number of piperidine rings is 1. The van der Waals surface area contributed by atoms with Crippen molar-refractivity contribution in [3.05, 3.63) is 35.9 Å². The summed E-state index contributed by atoms with van der Waals surface area (Å²) in [7, 11) is 4.40. The van der Waals surface area contributed by atoms with Crippen molar-refractivity contribution in [3.63, 3.8) is 0 Å². The predicted molar refractivity (Wildman–Crippen MR) is 83.8 cm³/mol. The third-order valence-electron chi connectivity index (χ3n) is 4.94. The summed E-state index contributed by atoms with van der Waals surface area (Å²) in [6.45, 7) is 6.17. The molecule has 2 aliphatic heterocycles. The van der Waals surface area contributed by atoms with Crippen molar-refractivity contribution >= 4 is 0 Å². The fourth-order valence-electron chi connectivity index (χ4n) is 3.40. The maximum atomic E-state index is 2.69. The van der Waals surface area contributed by atoms with Crippen LogP contribution < -0.4 is 0 Å². The minimum atomic E-state index is 0.789. The van der Waals surface area contributed by atoms with Crippen LogP contribution in [0.1, 0.15) is 18.4 Å². The fraction of sp³-hybridized carbons (Fsp3) is 0.647. The highest BCUT2D eigenvalue weighted by Crippen LogP contribution is 2.24. The lowest BCUT2D eigenvalue weighted by Crippen LogP contribution is -2.62. The summed E-state index contributed by atoms with van der Waals surface area (Å²) in [5.74, 6) is 0. The van der Waals surface area contributed by atoms with E-state index >= 15 is 0 Å². The minimum Gasteiger partial charge on any atom is -0.304 e. The quantitative estimate of drug-likeness (QED) is 0.829. The summed E-state index contributed by atoms with van der Waals surface area (Å²) in [6, 6.07) is 12.5. The van der Waals surface area contributed by atoms with E-state index in [1.807, 2.05) is 0 Å². The zero-order chi connectivity index (χ0) is 13.9. The Hall–Kier alpha value is -0.900. The lowest BCUT2D eigenvalue weighted by atomic mass is 9.97. The van der Waals surface area contributed by atoms with Crippen molar-refractivity contribution < 1.29 is 0 Å². The van der Waals surface area contributed by atoms with Crippen molar-refractivity contribution in [1.29, 1.82) is 0 Å². The fourth-order valence-corrected chi connectivity index (χ4v) is 3.40. The molecule has 0 radical (unpaired) electrons. The van der Waals surface area contributed by atoms with Gasteiger partial charge < -0.3 is 4.90 Å². The summed E-state index contributed by atoms with van der Waals surface area (Å²) in [5, 5.41) is 0. The molecule has 0 unspecified atom stereocenters. The SMILES string of the molecule is CN(C)C1CN(C2CCN(Cc3ccccc3)CC2)C1. The molecule has 0 N–H and O–H groups in total. The van der Waals surface area contributed by atoms with Crippen LogP contribution in [0.5, 0.6) is 0 Å². The Morgan fingerprint density at radius 1 is 1.05 bits per heavy atom. The molecular weight excluding hydrogens is 246 g/mol. The summed E-state index contributed by atoms with van der Waals surface area (Å²) in [6.07, 6.45) is 2.68. The number of hydrogen-bond donors (Lipinski definition) is 0. The molecule has 1 aromatic rings. The number of nitrogens with zero attached hydrogens (tertiary/aromatic N) is 3. The molecule has 2 aliphatic rings. The Bertz CT molecular complexity index is 404. The van der Waals surface area contributed by atoms with Crippen molar-refractivity contribution in [2.45, 2.75) is 31.5 Å². The third kappa shape index (κ3) is 3.22. The monoisotopic (exact) mass is 273 g/mol. The second kappa shape index (κ2) is 6.25. The maximum absolute atomic E-state index is 2.69. The highest BCUT2D eigenvalue weighted by atomic mass is 15.3. The van der Waals surface area contributed by atoms with Gasteiger partial charge in [-0.3, -0.25) is 9.80 Å². The van der Waals surface area contributed by atoms with E-state index < -0.39 is 0 Å². The Morgan fingerprint density at radius 3 is 2.30 bits per heavy atom. The zero-order valence-corrected chi connectivity index (χ0v) is 12.8. The van der Waals surface area contributed by atoms with Gasteiger partial charge in [-0.25, -0.2) is 0 Å². The van der Waals surface area contributed by atoms with E-state index in [9.17, 15) is 0 Å². The molecule has 2 heterocycles. The van der Waals surface area contributed by atoms with Gasteiger partial charge in [-0.05, 0) is 45.6 Å². The molecule has 0 aromatic heterocycles. The number of benzene rings is 1. The van der Waals surface area contributed by atoms with Gasteiger partial charge in [0.1, 0.15) is 0 Å². The molecule has 0 saturated carbocycles. The van der Waals surface area contributed by atoms with Crippen LogP contribution in [0.2, 0.25) is 0 Å². The molecule has 2 fully saturated rings. The summed E-state index contributed by atoms with van der Waals surface area (Å²) < 4.78 is 0. The minimum absolute atomic E-state index is 0.789. The summed E-state index contributed by atoms with van der Waals surface area (Å²) in [4.78, 5) is 7.65. The highest BCUT2D eigenvalue weighted by molar-refractivity contribution is 5.14. The molecule has 0 atom stereocenters. The molecule has 1 aromatic carbocycles. The highest BCUT2D eigenvalue weighted by Gasteiger charge is 2.34. The van der Waals surface area contributed by atoms with Gasteiger partial charge in [0.15, 0.2) is 0 Å².